The Morgan fingerprint density at radius 3 is 2.50 bits per heavy atom. The van der Waals surface area contributed by atoms with E-state index in [0.29, 0.717) is 25.9 Å². The van der Waals surface area contributed by atoms with Gasteiger partial charge in [-0.3, -0.25) is 9.59 Å². The number of benzene rings is 1. The van der Waals surface area contributed by atoms with Gasteiger partial charge in [0.15, 0.2) is 0 Å². The molecule has 2 aromatic rings. The van der Waals surface area contributed by atoms with E-state index in [1.54, 1.807) is 18.4 Å². The Labute approximate surface area is 158 Å². The van der Waals surface area contributed by atoms with Crippen molar-refractivity contribution in [3.05, 3.63) is 52.2 Å². The summed E-state index contributed by atoms with van der Waals surface area (Å²) in [6.07, 6.45) is 2.46. The van der Waals surface area contributed by atoms with Crippen molar-refractivity contribution in [2.24, 2.45) is 0 Å². The number of carbonyl (C=O) groups excluding carboxylic acids is 2. The lowest BCUT2D eigenvalue weighted by atomic mass is 10.0. The molecule has 1 N–H and O–H groups in total. The molecule has 1 fully saturated rings. The van der Waals surface area contributed by atoms with Gasteiger partial charge in [-0.1, -0.05) is 18.2 Å². The average molecular weight is 372 g/mol. The molecule has 6 heteroatoms. The molecular weight excluding hydrogens is 348 g/mol. The van der Waals surface area contributed by atoms with Gasteiger partial charge < -0.3 is 15.0 Å². The summed E-state index contributed by atoms with van der Waals surface area (Å²) in [5.41, 5.74) is 0.965. The minimum Gasteiger partial charge on any atom is -0.497 e. The number of nitrogens with zero attached hydrogens (tertiary/aromatic N) is 1. The van der Waals surface area contributed by atoms with Gasteiger partial charge in [-0.2, -0.15) is 0 Å². The topological polar surface area (TPSA) is 58.6 Å². The molecule has 0 aliphatic carbocycles. The zero-order valence-corrected chi connectivity index (χ0v) is 15.8. The summed E-state index contributed by atoms with van der Waals surface area (Å²) in [4.78, 5) is 27.6. The number of amides is 2. The van der Waals surface area contributed by atoms with Gasteiger partial charge in [0.05, 0.1) is 20.0 Å². The van der Waals surface area contributed by atoms with Crippen LogP contribution in [0.5, 0.6) is 5.75 Å². The first-order valence-electron chi connectivity index (χ1n) is 8.86. The third-order valence-electron chi connectivity index (χ3n) is 4.64. The number of piperidine rings is 1. The van der Waals surface area contributed by atoms with E-state index < -0.39 is 0 Å². The second-order valence-corrected chi connectivity index (χ2v) is 7.54. The van der Waals surface area contributed by atoms with Gasteiger partial charge in [-0.05, 0) is 42.0 Å². The predicted octanol–water partition coefficient (Wildman–Crippen LogP) is 2.65. The largest absolute Gasteiger partial charge is 0.497 e. The van der Waals surface area contributed by atoms with Gasteiger partial charge in [0.2, 0.25) is 11.8 Å². The molecule has 5 nitrogen and oxygen atoms in total. The Kier molecular flexibility index (Phi) is 6.28. The zero-order valence-electron chi connectivity index (χ0n) is 14.9. The lowest BCUT2D eigenvalue weighted by Crippen LogP contribution is -2.47. The smallest absolute Gasteiger partial charge is 0.227 e. The fourth-order valence-electron chi connectivity index (χ4n) is 3.15. The molecule has 0 spiro atoms. The minimum absolute atomic E-state index is 0.0264. The number of thiophene rings is 1. The first-order valence-corrected chi connectivity index (χ1v) is 9.74. The maximum atomic E-state index is 12.3. The quantitative estimate of drug-likeness (QED) is 0.848. The van der Waals surface area contributed by atoms with Crippen molar-refractivity contribution in [3.63, 3.8) is 0 Å². The maximum absolute atomic E-state index is 12.3. The van der Waals surface area contributed by atoms with Crippen LogP contribution in [0.2, 0.25) is 0 Å². The van der Waals surface area contributed by atoms with E-state index in [0.717, 1.165) is 29.0 Å². The summed E-state index contributed by atoms with van der Waals surface area (Å²) < 4.78 is 5.13. The van der Waals surface area contributed by atoms with Crippen LogP contribution in [0.15, 0.2) is 41.8 Å². The lowest BCUT2D eigenvalue weighted by Gasteiger charge is -2.32. The van der Waals surface area contributed by atoms with Gasteiger partial charge in [0.1, 0.15) is 5.75 Å². The molecule has 138 valence electrons. The summed E-state index contributed by atoms with van der Waals surface area (Å²) in [6.45, 7) is 1.41. The summed E-state index contributed by atoms with van der Waals surface area (Å²) >= 11 is 1.61. The Hall–Kier alpha value is -2.34. The minimum atomic E-state index is 0.0264. The molecule has 1 aromatic heterocycles. The average Bonchev–Trinajstić information content (AvgIpc) is 3.16. The highest BCUT2D eigenvalue weighted by atomic mass is 32.1. The number of ether oxygens (including phenoxy) is 1. The maximum Gasteiger partial charge on any atom is 0.227 e. The van der Waals surface area contributed by atoms with E-state index >= 15 is 0 Å². The van der Waals surface area contributed by atoms with Crippen molar-refractivity contribution in [2.75, 3.05) is 20.2 Å². The number of carbonyl (C=O) groups is 2. The van der Waals surface area contributed by atoms with Gasteiger partial charge in [-0.25, -0.2) is 0 Å². The molecule has 0 unspecified atom stereocenters. The number of methoxy groups -OCH3 is 1. The Morgan fingerprint density at radius 1 is 1.15 bits per heavy atom. The van der Waals surface area contributed by atoms with Gasteiger partial charge in [0, 0.05) is 24.0 Å². The molecular formula is C20H24N2O3S. The third kappa shape index (κ3) is 5.08. The molecule has 2 heterocycles. The van der Waals surface area contributed by atoms with Crippen LogP contribution in [-0.4, -0.2) is 43.0 Å². The Balaban J connectivity index is 1.41. The van der Waals surface area contributed by atoms with Crippen molar-refractivity contribution >= 4 is 23.2 Å². The molecule has 1 aliphatic heterocycles. The normalized spacial score (nSPS) is 14.9. The molecule has 3 rings (SSSR count). The van der Waals surface area contributed by atoms with Crippen molar-refractivity contribution in [2.45, 2.75) is 31.7 Å². The van der Waals surface area contributed by atoms with Crippen LogP contribution in [0.25, 0.3) is 0 Å². The first kappa shape index (κ1) is 18.5. The number of hydrogen-bond donors (Lipinski definition) is 1. The van der Waals surface area contributed by atoms with E-state index in [1.807, 2.05) is 46.7 Å². The van der Waals surface area contributed by atoms with Crippen LogP contribution in [0.3, 0.4) is 0 Å². The standard InChI is InChI=1S/C20H24N2O3S/c1-25-17-6-4-15(5-7-17)13-19(23)21-16-8-10-22(11-9-16)20(24)14-18-3-2-12-26-18/h2-7,12,16H,8-11,13-14H2,1H3,(H,21,23). The summed E-state index contributed by atoms with van der Waals surface area (Å²) in [6, 6.07) is 11.6. The predicted molar refractivity (Wildman–Crippen MR) is 102 cm³/mol. The van der Waals surface area contributed by atoms with Crippen LogP contribution in [0.4, 0.5) is 0 Å². The fourth-order valence-corrected chi connectivity index (χ4v) is 3.85. The van der Waals surface area contributed by atoms with Crippen molar-refractivity contribution in [1.82, 2.24) is 10.2 Å². The third-order valence-corrected chi connectivity index (χ3v) is 5.52. The molecule has 1 aromatic carbocycles. The van der Waals surface area contributed by atoms with Gasteiger partial charge in [-0.15, -0.1) is 11.3 Å². The van der Waals surface area contributed by atoms with Crippen LogP contribution in [-0.2, 0) is 22.4 Å². The summed E-state index contributed by atoms with van der Waals surface area (Å²) in [5, 5.41) is 5.09. The van der Waals surface area contributed by atoms with Crippen LogP contribution in [0.1, 0.15) is 23.3 Å². The molecule has 2 amide bonds. The highest BCUT2D eigenvalue weighted by Gasteiger charge is 2.24. The fraction of sp³-hybridized carbons (Fsp3) is 0.400. The second kappa shape index (κ2) is 8.85. The second-order valence-electron chi connectivity index (χ2n) is 6.50. The van der Waals surface area contributed by atoms with E-state index in [4.69, 9.17) is 4.74 Å². The molecule has 1 saturated heterocycles. The number of likely N-dealkylation sites (tertiary alicyclic amines) is 1. The van der Waals surface area contributed by atoms with E-state index in [-0.39, 0.29) is 17.9 Å². The highest BCUT2D eigenvalue weighted by Crippen LogP contribution is 2.16. The zero-order chi connectivity index (χ0) is 18.4. The molecule has 0 saturated carbocycles. The summed E-state index contributed by atoms with van der Waals surface area (Å²) in [5.74, 6) is 0.989. The molecule has 26 heavy (non-hydrogen) atoms. The van der Waals surface area contributed by atoms with Gasteiger partial charge >= 0.3 is 0 Å². The molecule has 0 bridgehead atoms. The lowest BCUT2D eigenvalue weighted by molar-refractivity contribution is -0.131. The molecule has 0 radical (unpaired) electrons. The van der Waals surface area contributed by atoms with Crippen LogP contribution >= 0.6 is 11.3 Å². The van der Waals surface area contributed by atoms with E-state index in [1.165, 1.54) is 0 Å². The summed E-state index contributed by atoms with van der Waals surface area (Å²) in [7, 11) is 1.62. The van der Waals surface area contributed by atoms with Crippen molar-refractivity contribution in [1.29, 1.82) is 0 Å². The van der Waals surface area contributed by atoms with E-state index in [9.17, 15) is 9.59 Å². The van der Waals surface area contributed by atoms with Crippen molar-refractivity contribution in [3.8, 4) is 5.75 Å². The highest BCUT2D eigenvalue weighted by molar-refractivity contribution is 7.10. The Morgan fingerprint density at radius 2 is 1.88 bits per heavy atom. The number of nitrogens with one attached hydrogen (secondary N) is 1. The Bertz CT molecular complexity index is 720. The molecule has 1 aliphatic rings. The molecule has 0 atom stereocenters. The van der Waals surface area contributed by atoms with Crippen LogP contribution in [0, 0.1) is 0 Å². The van der Waals surface area contributed by atoms with E-state index in [2.05, 4.69) is 5.32 Å². The van der Waals surface area contributed by atoms with Crippen molar-refractivity contribution < 1.29 is 14.3 Å². The number of hydrogen-bond acceptors (Lipinski definition) is 4. The first-order chi connectivity index (χ1) is 12.6. The SMILES string of the molecule is COc1ccc(CC(=O)NC2CCN(C(=O)Cc3cccs3)CC2)cc1. The van der Waals surface area contributed by atoms with Gasteiger partial charge in [0.25, 0.3) is 0 Å². The van der Waals surface area contributed by atoms with Crippen LogP contribution < -0.4 is 10.1 Å². The number of rotatable bonds is 6. The monoisotopic (exact) mass is 372 g/mol.